The molecule has 2 unspecified atom stereocenters. The SMILES string of the molecule is COc1ccc(C2OC2(C)C(=O)O)cc1. The quantitative estimate of drug-likeness (QED) is 0.766. The predicted octanol–water partition coefficient (Wildman–Crippen LogP) is 1.61. The van der Waals surface area contributed by atoms with Crippen molar-refractivity contribution in [2.75, 3.05) is 7.11 Å². The number of hydrogen-bond acceptors (Lipinski definition) is 3. The molecule has 0 aromatic heterocycles. The Labute approximate surface area is 87.4 Å². The Hall–Kier alpha value is -1.55. The molecule has 1 aliphatic heterocycles. The second-order valence-corrected chi connectivity index (χ2v) is 3.68. The summed E-state index contributed by atoms with van der Waals surface area (Å²) in [6, 6.07) is 7.22. The Morgan fingerprint density at radius 3 is 2.47 bits per heavy atom. The van der Waals surface area contributed by atoms with Gasteiger partial charge in [-0.15, -0.1) is 0 Å². The third-order valence-corrected chi connectivity index (χ3v) is 2.65. The summed E-state index contributed by atoms with van der Waals surface area (Å²) in [5.41, 5.74) is -0.199. The van der Waals surface area contributed by atoms with Crippen molar-refractivity contribution in [2.24, 2.45) is 0 Å². The Morgan fingerprint density at radius 2 is 2.07 bits per heavy atom. The number of carboxylic acids is 1. The summed E-state index contributed by atoms with van der Waals surface area (Å²) < 4.78 is 10.2. The van der Waals surface area contributed by atoms with E-state index in [2.05, 4.69) is 0 Å². The molecule has 1 aromatic carbocycles. The van der Waals surface area contributed by atoms with E-state index in [-0.39, 0.29) is 6.10 Å². The molecule has 0 spiro atoms. The van der Waals surface area contributed by atoms with Gasteiger partial charge in [0, 0.05) is 0 Å². The van der Waals surface area contributed by atoms with E-state index in [4.69, 9.17) is 14.6 Å². The molecule has 0 amide bonds. The van der Waals surface area contributed by atoms with Crippen LogP contribution in [0.3, 0.4) is 0 Å². The molecule has 80 valence electrons. The van der Waals surface area contributed by atoms with Gasteiger partial charge in [-0.25, -0.2) is 4.79 Å². The van der Waals surface area contributed by atoms with Crippen molar-refractivity contribution in [2.45, 2.75) is 18.6 Å². The Bertz CT molecular complexity index is 384. The lowest BCUT2D eigenvalue weighted by Gasteiger charge is -2.01. The highest BCUT2D eigenvalue weighted by Crippen LogP contribution is 2.49. The van der Waals surface area contributed by atoms with Crippen molar-refractivity contribution in [1.29, 1.82) is 0 Å². The lowest BCUT2D eigenvalue weighted by atomic mass is 10.0. The molecule has 2 atom stereocenters. The van der Waals surface area contributed by atoms with Gasteiger partial charge in [-0.1, -0.05) is 12.1 Å². The van der Waals surface area contributed by atoms with Crippen LogP contribution in [0, 0.1) is 0 Å². The Balaban J connectivity index is 2.16. The fourth-order valence-electron chi connectivity index (χ4n) is 1.54. The van der Waals surface area contributed by atoms with Crippen molar-refractivity contribution in [1.82, 2.24) is 0 Å². The zero-order chi connectivity index (χ0) is 11.1. The van der Waals surface area contributed by atoms with Gasteiger partial charge in [0.2, 0.25) is 0 Å². The van der Waals surface area contributed by atoms with E-state index in [1.165, 1.54) is 0 Å². The zero-order valence-electron chi connectivity index (χ0n) is 8.56. The van der Waals surface area contributed by atoms with Crippen LogP contribution < -0.4 is 4.74 Å². The number of methoxy groups -OCH3 is 1. The fraction of sp³-hybridized carbons (Fsp3) is 0.364. The molecule has 1 N–H and O–H groups in total. The molecular formula is C11H12O4. The van der Waals surface area contributed by atoms with E-state index in [1.807, 2.05) is 12.1 Å². The zero-order valence-corrected chi connectivity index (χ0v) is 8.56. The number of rotatable bonds is 3. The summed E-state index contributed by atoms with van der Waals surface area (Å²) in [4.78, 5) is 10.8. The Kier molecular flexibility index (Phi) is 2.16. The van der Waals surface area contributed by atoms with Gasteiger partial charge in [0.1, 0.15) is 11.9 Å². The van der Waals surface area contributed by atoms with E-state index in [9.17, 15) is 4.79 Å². The van der Waals surface area contributed by atoms with Crippen molar-refractivity contribution >= 4 is 5.97 Å². The van der Waals surface area contributed by atoms with Crippen LogP contribution in [0.4, 0.5) is 0 Å². The summed E-state index contributed by atoms with van der Waals surface area (Å²) in [6.07, 6.45) is -0.346. The van der Waals surface area contributed by atoms with Crippen LogP contribution in [-0.4, -0.2) is 23.8 Å². The van der Waals surface area contributed by atoms with Crippen molar-refractivity contribution in [3.05, 3.63) is 29.8 Å². The summed E-state index contributed by atoms with van der Waals surface area (Å²) in [6.45, 7) is 1.57. The minimum absolute atomic E-state index is 0.346. The molecule has 0 bridgehead atoms. The van der Waals surface area contributed by atoms with Crippen molar-refractivity contribution in [3.8, 4) is 5.75 Å². The third kappa shape index (κ3) is 1.57. The van der Waals surface area contributed by atoms with Gasteiger partial charge in [-0.3, -0.25) is 0 Å². The summed E-state index contributed by atoms with van der Waals surface area (Å²) >= 11 is 0. The van der Waals surface area contributed by atoms with E-state index in [0.29, 0.717) is 0 Å². The lowest BCUT2D eigenvalue weighted by molar-refractivity contribution is -0.142. The molecule has 0 saturated carbocycles. The molecule has 1 fully saturated rings. The van der Waals surface area contributed by atoms with Crippen LogP contribution in [0.15, 0.2) is 24.3 Å². The van der Waals surface area contributed by atoms with Gasteiger partial charge >= 0.3 is 5.97 Å². The second kappa shape index (κ2) is 3.24. The highest BCUT2D eigenvalue weighted by atomic mass is 16.6. The van der Waals surface area contributed by atoms with Crippen LogP contribution in [0.2, 0.25) is 0 Å². The Morgan fingerprint density at radius 1 is 1.47 bits per heavy atom. The normalized spacial score (nSPS) is 28.5. The molecule has 1 aromatic rings. The number of ether oxygens (including phenoxy) is 2. The van der Waals surface area contributed by atoms with Crippen LogP contribution in [0.5, 0.6) is 5.75 Å². The fourth-order valence-corrected chi connectivity index (χ4v) is 1.54. The molecule has 0 aliphatic carbocycles. The minimum atomic E-state index is -1.06. The summed E-state index contributed by atoms with van der Waals surface area (Å²) in [5, 5.41) is 8.90. The first-order chi connectivity index (χ1) is 7.08. The molecule has 2 rings (SSSR count). The number of epoxide rings is 1. The summed E-state index contributed by atoms with van der Waals surface area (Å²) in [7, 11) is 1.59. The van der Waals surface area contributed by atoms with Gasteiger partial charge in [0.25, 0.3) is 0 Å². The predicted molar refractivity (Wildman–Crippen MR) is 52.9 cm³/mol. The molecule has 4 nitrogen and oxygen atoms in total. The molecule has 4 heteroatoms. The monoisotopic (exact) mass is 208 g/mol. The maximum atomic E-state index is 10.8. The maximum absolute atomic E-state index is 10.8. The average molecular weight is 208 g/mol. The third-order valence-electron chi connectivity index (χ3n) is 2.65. The largest absolute Gasteiger partial charge is 0.497 e. The van der Waals surface area contributed by atoms with E-state index in [0.717, 1.165) is 11.3 Å². The van der Waals surface area contributed by atoms with Crippen molar-refractivity contribution < 1.29 is 19.4 Å². The van der Waals surface area contributed by atoms with Gasteiger partial charge in [-0.2, -0.15) is 0 Å². The van der Waals surface area contributed by atoms with Crippen molar-refractivity contribution in [3.63, 3.8) is 0 Å². The van der Waals surface area contributed by atoms with E-state index >= 15 is 0 Å². The maximum Gasteiger partial charge on any atom is 0.338 e. The highest BCUT2D eigenvalue weighted by Gasteiger charge is 2.59. The van der Waals surface area contributed by atoms with Gasteiger partial charge < -0.3 is 14.6 Å². The smallest absolute Gasteiger partial charge is 0.338 e. The number of hydrogen-bond donors (Lipinski definition) is 1. The van der Waals surface area contributed by atoms with E-state index in [1.54, 1.807) is 26.2 Å². The van der Waals surface area contributed by atoms with E-state index < -0.39 is 11.6 Å². The molecule has 1 saturated heterocycles. The molecule has 1 heterocycles. The van der Waals surface area contributed by atoms with Crippen LogP contribution in [0.25, 0.3) is 0 Å². The van der Waals surface area contributed by atoms with Crippen LogP contribution in [0.1, 0.15) is 18.6 Å². The molecular weight excluding hydrogens is 196 g/mol. The van der Waals surface area contributed by atoms with Crippen LogP contribution >= 0.6 is 0 Å². The first-order valence-corrected chi connectivity index (χ1v) is 4.63. The number of carboxylic acid groups (broad SMARTS) is 1. The standard InChI is InChI=1S/C11H12O4/c1-11(10(12)13)9(15-11)7-3-5-8(14-2)6-4-7/h3-6,9H,1-2H3,(H,12,13). The first kappa shape index (κ1) is 9.98. The topological polar surface area (TPSA) is 59.1 Å². The first-order valence-electron chi connectivity index (χ1n) is 4.63. The number of benzene rings is 1. The molecule has 1 aliphatic rings. The number of carbonyl (C=O) groups is 1. The minimum Gasteiger partial charge on any atom is -0.497 e. The lowest BCUT2D eigenvalue weighted by Crippen LogP contribution is -2.20. The molecule has 0 radical (unpaired) electrons. The van der Waals surface area contributed by atoms with Gasteiger partial charge in [0.05, 0.1) is 7.11 Å². The van der Waals surface area contributed by atoms with Gasteiger partial charge in [-0.05, 0) is 24.6 Å². The second-order valence-electron chi connectivity index (χ2n) is 3.68. The average Bonchev–Trinajstić information content (AvgIpc) is 2.93. The summed E-state index contributed by atoms with van der Waals surface area (Å²) in [5.74, 6) is -0.181. The molecule has 15 heavy (non-hydrogen) atoms. The van der Waals surface area contributed by atoms with Gasteiger partial charge in [0.15, 0.2) is 5.60 Å². The number of aliphatic carboxylic acids is 1. The highest BCUT2D eigenvalue weighted by molar-refractivity contribution is 5.81. The van der Waals surface area contributed by atoms with Crippen LogP contribution in [-0.2, 0) is 9.53 Å².